The Hall–Kier alpha value is -1.82. The number of fused-ring (bicyclic) bond motifs is 1. The Bertz CT molecular complexity index is 957. The van der Waals surface area contributed by atoms with E-state index in [0.717, 1.165) is 50.2 Å². The number of hydrogen-bond donors (Lipinski definition) is 1. The predicted molar refractivity (Wildman–Crippen MR) is 145 cm³/mol. The number of rotatable bonds is 8. The second-order valence-electron chi connectivity index (χ2n) is 10.8. The molecule has 2 unspecified atom stereocenters. The molecule has 1 saturated heterocycles. The zero-order valence-corrected chi connectivity index (χ0v) is 22.5. The Labute approximate surface area is 210 Å². The van der Waals surface area contributed by atoms with Crippen molar-refractivity contribution in [1.82, 2.24) is 4.31 Å². The molecule has 1 fully saturated rings. The fraction of sp³-hybridized carbons (Fsp3) is 0.517. The lowest BCUT2D eigenvalue weighted by molar-refractivity contribution is -0.0137. The lowest BCUT2D eigenvalue weighted by atomic mass is 9.63. The molecule has 1 aliphatic heterocycles. The van der Waals surface area contributed by atoms with E-state index in [9.17, 15) is 4.39 Å². The fourth-order valence-corrected chi connectivity index (χ4v) is 6.00. The first kappa shape index (κ1) is 26.8. The van der Waals surface area contributed by atoms with Crippen LogP contribution in [-0.2, 0) is 4.74 Å². The summed E-state index contributed by atoms with van der Waals surface area (Å²) in [5, 5.41) is 3.57. The van der Waals surface area contributed by atoms with Crippen molar-refractivity contribution < 1.29 is 9.13 Å². The molecular weight excluding hydrogens is 443 g/mol. The van der Waals surface area contributed by atoms with Gasteiger partial charge in [0.15, 0.2) is 0 Å². The van der Waals surface area contributed by atoms with Crippen LogP contribution in [0.2, 0.25) is 0 Å². The van der Waals surface area contributed by atoms with Crippen LogP contribution in [0.4, 0.5) is 10.1 Å². The van der Waals surface area contributed by atoms with Crippen LogP contribution in [0.5, 0.6) is 0 Å². The summed E-state index contributed by atoms with van der Waals surface area (Å²) in [4.78, 5) is 1.25. The smallest absolute Gasteiger partial charge is 0.123 e. The number of ether oxygens (including phenoxy) is 1. The van der Waals surface area contributed by atoms with Gasteiger partial charge in [-0.05, 0) is 92.3 Å². The van der Waals surface area contributed by atoms with Gasteiger partial charge in [0.25, 0.3) is 0 Å². The quantitative estimate of drug-likeness (QED) is 0.299. The number of nitrogens with one attached hydrogen (secondary N) is 1. The number of anilines is 1. The molecule has 2 aliphatic rings. The SMILES string of the molecule is C=C(/C=C\C(=C/C)SN1CCC2CC(Nc3ccc(F)cc3)=C(C)CC2(COC)C1)C(C)(C)C. The Morgan fingerprint density at radius 1 is 1.29 bits per heavy atom. The van der Waals surface area contributed by atoms with E-state index in [0.29, 0.717) is 5.92 Å². The van der Waals surface area contributed by atoms with Crippen molar-refractivity contribution in [1.29, 1.82) is 0 Å². The van der Waals surface area contributed by atoms with Crippen LogP contribution in [0.3, 0.4) is 0 Å². The summed E-state index contributed by atoms with van der Waals surface area (Å²) < 4.78 is 21.6. The molecule has 186 valence electrons. The predicted octanol–water partition coefficient (Wildman–Crippen LogP) is 7.97. The number of benzene rings is 1. The van der Waals surface area contributed by atoms with Crippen molar-refractivity contribution in [3.63, 3.8) is 0 Å². The molecule has 3 rings (SSSR count). The van der Waals surface area contributed by atoms with Crippen molar-refractivity contribution >= 4 is 17.6 Å². The lowest BCUT2D eigenvalue weighted by Gasteiger charge is -2.51. The van der Waals surface area contributed by atoms with E-state index in [-0.39, 0.29) is 16.6 Å². The molecule has 3 nitrogen and oxygen atoms in total. The van der Waals surface area contributed by atoms with E-state index in [1.807, 2.05) is 31.2 Å². The molecule has 2 atom stereocenters. The highest BCUT2D eigenvalue weighted by molar-refractivity contribution is 8.01. The summed E-state index contributed by atoms with van der Waals surface area (Å²) in [6.45, 7) is 18.0. The van der Waals surface area contributed by atoms with Gasteiger partial charge in [-0.3, -0.25) is 0 Å². The first-order valence-corrected chi connectivity index (χ1v) is 13.0. The molecule has 1 N–H and O–H groups in total. The zero-order chi connectivity index (χ0) is 24.9. The third-order valence-electron chi connectivity index (χ3n) is 7.17. The van der Waals surface area contributed by atoms with Gasteiger partial charge < -0.3 is 10.1 Å². The summed E-state index contributed by atoms with van der Waals surface area (Å²) in [5.41, 5.74) is 4.92. The van der Waals surface area contributed by atoms with Gasteiger partial charge in [-0.15, -0.1) is 0 Å². The van der Waals surface area contributed by atoms with Gasteiger partial charge in [-0.1, -0.05) is 45.1 Å². The van der Waals surface area contributed by atoms with Gasteiger partial charge in [-0.2, -0.15) is 0 Å². The van der Waals surface area contributed by atoms with Crippen molar-refractivity contribution in [2.45, 2.75) is 53.9 Å². The number of piperidine rings is 1. The highest BCUT2D eigenvalue weighted by Crippen LogP contribution is 2.50. The van der Waals surface area contributed by atoms with E-state index in [2.05, 4.69) is 69.0 Å². The van der Waals surface area contributed by atoms with E-state index >= 15 is 0 Å². The molecule has 1 aromatic carbocycles. The van der Waals surface area contributed by atoms with Crippen molar-refractivity contribution in [2.24, 2.45) is 16.7 Å². The van der Waals surface area contributed by atoms with E-state index in [4.69, 9.17) is 4.74 Å². The first-order chi connectivity index (χ1) is 16.1. The highest BCUT2D eigenvalue weighted by Gasteiger charge is 2.46. The summed E-state index contributed by atoms with van der Waals surface area (Å²) in [5.74, 6) is 0.350. The second-order valence-corrected chi connectivity index (χ2v) is 12.0. The topological polar surface area (TPSA) is 24.5 Å². The number of hydrogen-bond acceptors (Lipinski definition) is 4. The van der Waals surface area contributed by atoms with Crippen molar-refractivity contribution in [2.75, 3.05) is 32.1 Å². The van der Waals surface area contributed by atoms with Crippen LogP contribution in [0.1, 0.15) is 53.9 Å². The van der Waals surface area contributed by atoms with Gasteiger partial charge in [0.1, 0.15) is 5.82 Å². The average Bonchev–Trinajstić information content (AvgIpc) is 2.78. The van der Waals surface area contributed by atoms with Gasteiger partial charge in [0, 0.05) is 41.9 Å². The summed E-state index contributed by atoms with van der Waals surface area (Å²) in [7, 11) is 1.82. The number of nitrogens with zero attached hydrogens (tertiary/aromatic N) is 1. The first-order valence-electron chi connectivity index (χ1n) is 12.2. The standard InChI is InChI=1S/C29H41FN2OS/c1-8-26(14-9-22(3)28(4,5)6)34-32-16-15-23-17-27(31-25-12-10-24(30)11-13-25)21(2)18-29(23,19-32)20-33-7/h8-14,23,31H,3,15-20H2,1-2,4-7H3/b14-9-,26-8+. The molecular formula is C29H41FN2OS. The minimum atomic E-state index is -0.207. The van der Waals surface area contributed by atoms with E-state index in [1.165, 1.54) is 28.3 Å². The van der Waals surface area contributed by atoms with Gasteiger partial charge in [-0.25, -0.2) is 8.70 Å². The Morgan fingerprint density at radius 2 is 2.00 bits per heavy atom. The molecule has 0 bridgehead atoms. The molecule has 1 heterocycles. The van der Waals surface area contributed by atoms with Gasteiger partial charge in [0.2, 0.25) is 0 Å². The molecule has 34 heavy (non-hydrogen) atoms. The normalized spacial score (nSPS) is 24.4. The monoisotopic (exact) mass is 484 g/mol. The Kier molecular flexibility index (Phi) is 8.88. The molecule has 0 radical (unpaired) electrons. The molecule has 1 aromatic rings. The number of halogens is 1. The minimum Gasteiger partial charge on any atom is -0.384 e. The van der Waals surface area contributed by atoms with Gasteiger partial charge >= 0.3 is 0 Å². The molecule has 0 aromatic heterocycles. The second kappa shape index (κ2) is 11.3. The summed E-state index contributed by atoms with van der Waals surface area (Å²) in [6, 6.07) is 6.64. The maximum Gasteiger partial charge on any atom is 0.123 e. The molecule has 0 saturated carbocycles. The Morgan fingerprint density at radius 3 is 2.62 bits per heavy atom. The molecule has 1 aliphatic carbocycles. The molecule has 0 amide bonds. The minimum absolute atomic E-state index is 0.0759. The van der Waals surface area contributed by atoms with E-state index < -0.39 is 0 Å². The zero-order valence-electron chi connectivity index (χ0n) is 21.7. The number of allylic oxidation sites excluding steroid dienone is 6. The van der Waals surface area contributed by atoms with Crippen LogP contribution in [-0.4, -0.2) is 31.1 Å². The third kappa shape index (κ3) is 6.65. The van der Waals surface area contributed by atoms with Crippen LogP contribution in [0, 0.1) is 22.6 Å². The van der Waals surface area contributed by atoms with E-state index in [1.54, 1.807) is 0 Å². The van der Waals surface area contributed by atoms with Crippen molar-refractivity contribution in [3.8, 4) is 0 Å². The van der Waals surface area contributed by atoms with Crippen molar-refractivity contribution in [3.05, 3.63) is 76.6 Å². The Balaban J connectivity index is 1.72. The molecule has 0 spiro atoms. The maximum atomic E-state index is 13.3. The van der Waals surface area contributed by atoms with Crippen LogP contribution in [0.15, 0.2) is 70.8 Å². The summed E-state index contributed by atoms with van der Waals surface area (Å²) in [6.07, 6.45) is 9.68. The van der Waals surface area contributed by atoms with Gasteiger partial charge in [0.05, 0.1) is 6.61 Å². The molecule has 5 heteroatoms. The fourth-order valence-electron chi connectivity index (χ4n) is 4.95. The number of methoxy groups -OCH3 is 1. The van der Waals surface area contributed by atoms with Crippen LogP contribution < -0.4 is 5.32 Å². The lowest BCUT2D eigenvalue weighted by Crippen LogP contribution is -2.51. The largest absolute Gasteiger partial charge is 0.384 e. The van der Waals surface area contributed by atoms with Crippen LogP contribution in [0.25, 0.3) is 0 Å². The maximum absolute atomic E-state index is 13.3. The van der Waals surface area contributed by atoms with Crippen LogP contribution >= 0.6 is 11.9 Å². The third-order valence-corrected chi connectivity index (χ3v) is 8.32. The summed E-state index contributed by atoms with van der Waals surface area (Å²) >= 11 is 1.85. The highest BCUT2D eigenvalue weighted by atomic mass is 32.2. The average molecular weight is 485 g/mol.